The van der Waals surface area contributed by atoms with E-state index in [0.717, 1.165) is 18.8 Å². The normalized spacial score (nSPS) is 11.7. The zero-order valence-electron chi connectivity index (χ0n) is 12.7. The smallest absolute Gasteiger partial charge is 0.0106 e. The lowest BCUT2D eigenvalue weighted by atomic mass is 9.87. The Morgan fingerprint density at radius 3 is 2.53 bits per heavy atom. The first-order valence-electron chi connectivity index (χ1n) is 7.52. The molecule has 0 bridgehead atoms. The van der Waals surface area contributed by atoms with Gasteiger partial charge in [-0.3, -0.25) is 0 Å². The van der Waals surface area contributed by atoms with Gasteiger partial charge in [0, 0.05) is 23.7 Å². The van der Waals surface area contributed by atoms with Crippen LogP contribution in [-0.4, -0.2) is 18.8 Å². The summed E-state index contributed by atoms with van der Waals surface area (Å²) in [5.74, 6) is 1.15. The molecule has 0 heterocycles. The predicted octanol–water partition coefficient (Wildman–Crippen LogP) is 4.97. The van der Waals surface area contributed by atoms with Crippen LogP contribution in [0.25, 0.3) is 0 Å². The van der Waals surface area contributed by atoms with Crippen molar-refractivity contribution >= 4 is 11.8 Å². The summed E-state index contributed by atoms with van der Waals surface area (Å²) in [5.41, 5.74) is 0.437. The Labute approximate surface area is 123 Å². The summed E-state index contributed by atoms with van der Waals surface area (Å²) >= 11 is 1.93. The molecule has 1 N–H and O–H groups in total. The van der Waals surface area contributed by atoms with Crippen LogP contribution in [0, 0.1) is 5.41 Å². The molecule has 2 heteroatoms. The minimum atomic E-state index is 0.437. The van der Waals surface area contributed by atoms with E-state index in [4.69, 9.17) is 0 Å². The van der Waals surface area contributed by atoms with Crippen LogP contribution in [-0.2, 0) is 0 Å². The van der Waals surface area contributed by atoms with Crippen molar-refractivity contribution in [2.75, 3.05) is 18.8 Å². The van der Waals surface area contributed by atoms with Crippen LogP contribution in [0.4, 0.5) is 0 Å². The SMILES string of the molecule is CCCCCC(C)(C)CNCCSc1ccccc1. The number of nitrogens with one attached hydrogen (secondary N) is 1. The lowest BCUT2D eigenvalue weighted by Crippen LogP contribution is -2.30. The summed E-state index contributed by atoms with van der Waals surface area (Å²) in [7, 11) is 0. The second-order valence-electron chi connectivity index (χ2n) is 5.96. The molecular weight excluding hydrogens is 250 g/mol. The third kappa shape index (κ3) is 8.33. The number of thioether (sulfide) groups is 1. The van der Waals surface area contributed by atoms with Crippen LogP contribution in [0.15, 0.2) is 35.2 Å². The minimum Gasteiger partial charge on any atom is -0.315 e. The van der Waals surface area contributed by atoms with Gasteiger partial charge in [-0.2, -0.15) is 0 Å². The molecule has 1 rings (SSSR count). The highest BCUT2D eigenvalue weighted by atomic mass is 32.2. The molecule has 0 aliphatic carbocycles. The Balaban J connectivity index is 2.06. The monoisotopic (exact) mass is 279 g/mol. The molecule has 1 aromatic rings. The molecule has 0 fully saturated rings. The van der Waals surface area contributed by atoms with E-state index in [0.29, 0.717) is 5.41 Å². The highest BCUT2D eigenvalue weighted by Crippen LogP contribution is 2.22. The van der Waals surface area contributed by atoms with Gasteiger partial charge in [0.25, 0.3) is 0 Å². The summed E-state index contributed by atoms with van der Waals surface area (Å²) in [6.45, 7) is 9.24. The van der Waals surface area contributed by atoms with Crippen molar-refractivity contribution < 1.29 is 0 Å². The molecule has 0 aliphatic heterocycles. The fraction of sp³-hybridized carbons (Fsp3) is 0.647. The molecule has 0 spiro atoms. The summed E-state index contributed by atoms with van der Waals surface area (Å²) in [6.07, 6.45) is 5.38. The van der Waals surface area contributed by atoms with E-state index in [1.165, 1.54) is 30.6 Å². The molecule has 0 saturated carbocycles. The Kier molecular flexibility index (Phi) is 8.24. The van der Waals surface area contributed by atoms with Crippen molar-refractivity contribution in [3.63, 3.8) is 0 Å². The van der Waals surface area contributed by atoms with Crippen LogP contribution < -0.4 is 5.32 Å². The average molecular weight is 279 g/mol. The maximum absolute atomic E-state index is 3.60. The second kappa shape index (κ2) is 9.44. The first kappa shape index (κ1) is 16.6. The molecule has 0 unspecified atom stereocenters. The lowest BCUT2D eigenvalue weighted by Gasteiger charge is -2.25. The quantitative estimate of drug-likeness (QED) is 0.479. The van der Waals surface area contributed by atoms with Crippen molar-refractivity contribution in [1.29, 1.82) is 0 Å². The van der Waals surface area contributed by atoms with E-state index in [2.05, 4.69) is 56.4 Å². The fourth-order valence-electron chi connectivity index (χ4n) is 2.13. The van der Waals surface area contributed by atoms with Gasteiger partial charge < -0.3 is 5.32 Å². The van der Waals surface area contributed by atoms with Crippen LogP contribution in [0.2, 0.25) is 0 Å². The first-order valence-corrected chi connectivity index (χ1v) is 8.51. The van der Waals surface area contributed by atoms with Crippen molar-refractivity contribution in [2.24, 2.45) is 5.41 Å². The van der Waals surface area contributed by atoms with Crippen LogP contribution >= 0.6 is 11.8 Å². The Bertz CT molecular complexity index is 321. The van der Waals surface area contributed by atoms with Crippen LogP contribution in [0.5, 0.6) is 0 Å². The highest BCUT2D eigenvalue weighted by molar-refractivity contribution is 7.99. The maximum atomic E-state index is 3.60. The van der Waals surface area contributed by atoms with Crippen molar-refractivity contribution in [2.45, 2.75) is 51.3 Å². The molecule has 0 radical (unpaired) electrons. The van der Waals surface area contributed by atoms with E-state index in [9.17, 15) is 0 Å². The third-order valence-electron chi connectivity index (χ3n) is 3.35. The van der Waals surface area contributed by atoms with E-state index in [1.807, 2.05) is 11.8 Å². The molecular formula is C17H29NS. The molecule has 0 saturated heterocycles. The number of rotatable bonds is 10. The molecule has 0 atom stereocenters. The molecule has 19 heavy (non-hydrogen) atoms. The van der Waals surface area contributed by atoms with E-state index < -0.39 is 0 Å². The Morgan fingerprint density at radius 1 is 1.11 bits per heavy atom. The van der Waals surface area contributed by atoms with Gasteiger partial charge in [0.05, 0.1) is 0 Å². The summed E-state index contributed by atoms with van der Waals surface area (Å²) in [5, 5.41) is 3.60. The van der Waals surface area contributed by atoms with Gasteiger partial charge in [-0.1, -0.05) is 58.2 Å². The van der Waals surface area contributed by atoms with Gasteiger partial charge in [0.15, 0.2) is 0 Å². The van der Waals surface area contributed by atoms with Crippen molar-refractivity contribution in [3.8, 4) is 0 Å². The molecule has 0 aliphatic rings. The van der Waals surface area contributed by atoms with Crippen molar-refractivity contribution in [1.82, 2.24) is 5.32 Å². The van der Waals surface area contributed by atoms with Gasteiger partial charge in [-0.15, -0.1) is 11.8 Å². The van der Waals surface area contributed by atoms with Crippen LogP contribution in [0.1, 0.15) is 46.5 Å². The molecule has 108 valence electrons. The van der Waals surface area contributed by atoms with E-state index in [1.54, 1.807) is 0 Å². The second-order valence-corrected chi connectivity index (χ2v) is 7.13. The fourth-order valence-corrected chi connectivity index (χ4v) is 2.96. The topological polar surface area (TPSA) is 12.0 Å². The van der Waals surface area contributed by atoms with Crippen molar-refractivity contribution in [3.05, 3.63) is 30.3 Å². The molecule has 1 aromatic carbocycles. The van der Waals surface area contributed by atoms with Gasteiger partial charge >= 0.3 is 0 Å². The summed E-state index contributed by atoms with van der Waals surface area (Å²) in [6, 6.07) is 10.6. The largest absolute Gasteiger partial charge is 0.315 e. The number of unbranched alkanes of at least 4 members (excludes halogenated alkanes) is 2. The molecule has 0 amide bonds. The summed E-state index contributed by atoms with van der Waals surface area (Å²) < 4.78 is 0. The summed E-state index contributed by atoms with van der Waals surface area (Å²) in [4.78, 5) is 1.37. The molecule has 1 nitrogen and oxygen atoms in total. The number of benzene rings is 1. The van der Waals surface area contributed by atoms with Crippen LogP contribution in [0.3, 0.4) is 0 Å². The van der Waals surface area contributed by atoms with Gasteiger partial charge in [-0.05, 0) is 24.0 Å². The zero-order valence-corrected chi connectivity index (χ0v) is 13.6. The number of hydrogen-bond donors (Lipinski definition) is 1. The maximum Gasteiger partial charge on any atom is 0.0106 e. The van der Waals surface area contributed by atoms with Gasteiger partial charge in [0.2, 0.25) is 0 Å². The first-order chi connectivity index (χ1) is 9.14. The Hall–Kier alpha value is -0.470. The lowest BCUT2D eigenvalue weighted by molar-refractivity contribution is 0.305. The highest BCUT2D eigenvalue weighted by Gasteiger charge is 2.16. The average Bonchev–Trinajstić information content (AvgIpc) is 2.39. The van der Waals surface area contributed by atoms with E-state index >= 15 is 0 Å². The zero-order chi connectivity index (χ0) is 14.0. The van der Waals surface area contributed by atoms with E-state index in [-0.39, 0.29) is 0 Å². The number of hydrogen-bond acceptors (Lipinski definition) is 2. The van der Waals surface area contributed by atoms with Gasteiger partial charge in [0.1, 0.15) is 0 Å². The van der Waals surface area contributed by atoms with Gasteiger partial charge in [-0.25, -0.2) is 0 Å². The predicted molar refractivity (Wildman–Crippen MR) is 88.0 cm³/mol. The minimum absolute atomic E-state index is 0.437. The molecule has 0 aromatic heterocycles. The third-order valence-corrected chi connectivity index (χ3v) is 4.37. The standard InChI is InChI=1S/C17H29NS/c1-4-5-9-12-17(2,3)15-18-13-14-19-16-10-7-6-8-11-16/h6-8,10-11,18H,4-5,9,12-15H2,1-3H3. The Morgan fingerprint density at radius 2 is 1.84 bits per heavy atom.